The molecule has 22 heavy (non-hydrogen) atoms. The van der Waals surface area contributed by atoms with Crippen LogP contribution in [-0.2, 0) is 0 Å². The van der Waals surface area contributed by atoms with E-state index in [-0.39, 0.29) is 0 Å². The van der Waals surface area contributed by atoms with E-state index >= 15 is 0 Å². The molecular weight excluding hydrogens is 304 g/mol. The van der Waals surface area contributed by atoms with E-state index in [1.165, 1.54) is 59.9 Å². The number of halogens is 1. The van der Waals surface area contributed by atoms with Crippen LogP contribution in [0, 0.1) is 13.8 Å². The van der Waals surface area contributed by atoms with Crippen molar-refractivity contribution in [2.45, 2.75) is 51.9 Å². The first kappa shape index (κ1) is 15.8. The fourth-order valence-electron chi connectivity index (χ4n) is 3.99. The summed E-state index contributed by atoms with van der Waals surface area (Å²) in [6.45, 7) is 4.44. The van der Waals surface area contributed by atoms with Gasteiger partial charge in [0.2, 0.25) is 0 Å². The Kier molecular flexibility index (Phi) is 4.75. The van der Waals surface area contributed by atoms with E-state index in [9.17, 15) is 0 Å². The number of rotatable bonds is 2. The first-order valence-corrected chi connectivity index (χ1v) is 9.08. The van der Waals surface area contributed by atoms with Crippen LogP contribution in [0.5, 0.6) is 0 Å². The molecule has 0 N–H and O–H groups in total. The third-order valence-corrected chi connectivity index (χ3v) is 6.19. The molecule has 1 fully saturated rings. The maximum Gasteiger partial charge on any atom is 0.0742 e. The summed E-state index contributed by atoms with van der Waals surface area (Å²) in [7, 11) is 3.80. The minimum atomic E-state index is 0.668. The molecule has 0 aliphatic heterocycles. The molecule has 1 saturated carbocycles. The Morgan fingerprint density at radius 2 is 1.59 bits per heavy atom. The molecule has 0 bridgehead atoms. The van der Waals surface area contributed by atoms with Gasteiger partial charge in [0.25, 0.3) is 0 Å². The fraction of sp³-hybridized carbons (Fsp3) is 0.400. The topological polar surface area (TPSA) is 0 Å². The van der Waals surface area contributed by atoms with Gasteiger partial charge in [-0.25, -0.2) is 0 Å². The van der Waals surface area contributed by atoms with Crippen LogP contribution in [0.4, 0.5) is 0 Å². The van der Waals surface area contributed by atoms with Gasteiger partial charge in [0.1, 0.15) is 0 Å². The van der Waals surface area contributed by atoms with Crippen LogP contribution in [0.1, 0.15) is 54.7 Å². The van der Waals surface area contributed by atoms with E-state index < -0.39 is 0 Å². The molecule has 0 atom stereocenters. The van der Waals surface area contributed by atoms with Gasteiger partial charge in [0.15, 0.2) is 0 Å². The van der Waals surface area contributed by atoms with Gasteiger partial charge in [0, 0.05) is 5.02 Å². The quantitative estimate of drug-likeness (QED) is 0.643. The Morgan fingerprint density at radius 1 is 0.955 bits per heavy atom. The first-order valence-electron chi connectivity index (χ1n) is 8.20. The Labute approximate surface area is 142 Å². The Bertz CT molecular complexity index is 670. The summed E-state index contributed by atoms with van der Waals surface area (Å²) in [4.78, 5) is 0. The molecule has 0 aromatic heterocycles. The molecule has 0 nitrogen and oxygen atoms in total. The summed E-state index contributed by atoms with van der Waals surface area (Å²) in [5.41, 5.74) is 6.64. The second-order valence-electron chi connectivity index (χ2n) is 6.43. The van der Waals surface area contributed by atoms with Crippen molar-refractivity contribution in [3.05, 3.63) is 52.0 Å². The van der Waals surface area contributed by atoms with E-state index in [0.717, 1.165) is 10.2 Å². The monoisotopic (exact) mass is 325 g/mol. The highest BCUT2D eigenvalue weighted by atomic mass is 35.5. The second kappa shape index (κ2) is 6.60. The Morgan fingerprint density at radius 3 is 2.23 bits per heavy atom. The molecule has 2 aromatic rings. The standard InChI is InChI=1S/C20H22ClSi/c1-13-17(15-9-5-3-6-10-15)14(2)19(21)20(22)18(13)16-11-7-4-8-12-16/h4,7-8,11-12,15H,3,5-6,9-10H2,1-2H3. The molecule has 0 spiro atoms. The molecule has 0 unspecified atom stereocenters. The normalized spacial score (nSPS) is 16.0. The molecule has 3 rings (SSSR count). The highest BCUT2D eigenvalue weighted by Gasteiger charge is 2.24. The van der Waals surface area contributed by atoms with E-state index in [1.54, 1.807) is 0 Å². The van der Waals surface area contributed by atoms with Gasteiger partial charge in [-0.2, -0.15) is 0 Å². The van der Waals surface area contributed by atoms with Crippen molar-refractivity contribution in [3.8, 4) is 11.1 Å². The molecule has 0 amide bonds. The van der Waals surface area contributed by atoms with Crippen LogP contribution in [0.3, 0.4) is 0 Å². The summed E-state index contributed by atoms with van der Waals surface area (Å²) < 4.78 is 0. The third kappa shape index (κ3) is 2.77. The Balaban J connectivity index is 2.21. The number of hydrogen-bond donors (Lipinski definition) is 0. The van der Waals surface area contributed by atoms with Gasteiger partial charge >= 0.3 is 0 Å². The minimum Gasteiger partial charge on any atom is -0.0842 e. The number of benzene rings is 2. The van der Waals surface area contributed by atoms with Crippen molar-refractivity contribution in [3.63, 3.8) is 0 Å². The van der Waals surface area contributed by atoms with Gasteiger partial charge in [-0.15, -0.1) is 0 Å². The average Bonchev–Trinajstić information content (AvgIpc) is 2.55. The van der Waals surface area contributed by atoms with Gasteiger partial charge in [0.05, 0.1) is 10.2 Å². The molecule has 0 saturated heterocycles. The zero-order chi connectivity index (χ0) is 15.7. The molecule has 3 radical (unpaired) electrons. The zero-order valence-electron chi connectivity index (χ0n) is 13.4. The van der Waals surface area contributed by atoms with E-state index in [0.29, 0.717) is 5.92 Å². The minimum absolute atomic E-state index is 0.668. The summed E-state index contributed by atoms with van der Waals surface area (Å²) >= 11 is 6.68. The summed E-state index contributed by atoms with van der Waals surface area (Å²) in [5, 5.41) is 1.91. The predicted molar refractivity (Wildman–Crippen MR) is 97.6 cm³/mol. The third-order valence-electron chi connectivity index (χ3n) is 5.06. The van der Waals surface area contributed by atoms with Crippen molar-refractivity contribution in [2.24, 2.45) is 0 Å². The second-order valence-corrected chi connectivity index (χ2v) is 7.31. The molecule has 1 aliphatic carbocycles. The van der Waals surface area contributed by atoms with Crippen LogP contribution in [0.2, 0.25) is 5.02 Å². The highest BCUT2D eigenvalue weighted by molar-refractivity contribution is 6.48. The van der Waals surface area contributed by atoms with Crippen molar-refractivity contribution in [1.29, 1.82) is 0 Å². The lowest BCUT2D eigenvalue weighted by atomic mass is 9.78. The van der Waals surface area contributed by atoms with Gasteiger partial charge in [-0.05, 0) is 65.6 Å². The predicted octanol–water partition coefficient (Wildman–Crippen LogP) is 5.47. The van der Waals surface area contributed by atoms with Crippen LogP contribution in [0.25, 0.3) is 11.1 Å². The van der Waals surface area contributed by atoms with Gasteiger partial charge in [-0.3, -0.25) is 0 Å². The maximum absolute atomic E-state index is 6.68. The smallest absolute Gasteiger partial charge is 0.0742 e. The molecule has 1 aliphatic rings. The SMILES string of the molecule is Cc1c(Cl)c([Si])c(-c2ccccc2)c(C)c1C1CCCCC1. The summed E-state index contributed by atoms with van der Waals surface area (Å²) in [5.74, 6) is 0.668. The van der Waals surface area contributed by atoms with E-state index in [1.807, 2.05) is 0 Å². The van der Waals surface area contributed by atoms with E-state index in [4.69, 9.17) is 11.6 Å². The molecule has 0 heterocycles. The molecular formula is C20H22ClSi. The highest BCUT2D eigenvalue weighted by Crippen LogP contribution is 2.40. The fourth-order valence-corrected chi connectivity index (χ4v) is 4.70. The van der Waals surface area contributed by atoms with Crippen LogP contribution >= 0.6 is 11.6 Å². The average molecular weight is 326 g/mol. The van der Waals surface area contributed by atoms with Gasteiger partial charge < -0.3 is 0 Å². The molecule has 2 heteroatoms. The Hall–Kier alpha value is -1.05. The summed E-state index contributed by atoms with van der Waals surface area (Å²) in [6, 6.07) is 10.6. The van der Waals surface area contributed by atoms with E-state index in [2.05, 4.69) is 54.4 Å². The zero-order valence-corrected chi connectivity index (χ0v) is 15.1. The lowest BCUT2D eigenvalue weighted by Gasteiger charge is -2.28. The number of hydrogen-bond acceptors (Lipinski definition) is 0. The van der Waals surface area contributed by atoms with Crippen molar-refractivity contribution < 1.29 is 0 Å². The lowest BCUT2D eigenvalue weighted by molar-refractivity contribution is 0.441. The van der Waals surface area contributed by atoms with Crippen molar-refractivity contribution in [1.82, 2.24) is 0 Å². The van der Waals surface area contributed by atoms with Crippen LogP contribution in [0.15, 0.2) is 30.3 Å². The first-order chi connectivity index (χ1) is 10.6. The largest absolute Gasteiger partial charge is 0.0842 e. The molecule has 2 aromatic carbocycles. The summed E-state index contributed by atoms with van der Waals surface area (Å²) in [6.07, 6.45) is 6.67. The molecule has 113 valence electrons. The van der Waals surface area contributed by atoms with Crippen LogP contribution < -0.4 is 5.19 Å². The maximum atomic E-state index is 6.68. The van der Waals surface area contributed by atoms with Crippen molar-refractivity contribution >= 4 is 27.0 Å². The van der Waals surface area contributed by atoms with Crippen molar-refractivity contribution in [2.75, 3.05) is 0 Å². The van der Waals surface area contributed by atoms with Crippen LogP contribution in [-0.4, -0.2) is 10.2 Å². The van der Waals surface area contributed by atoms with Gasteiger partial charge in [-0.1, -0.05) is 61.2 Å². The lowest BCUT2D eigenvalue weighted by Crippen LogP contribution is -2.18.